The highest BCUT2D eigenvalue weighted by atomic mass is 35.5. The van der Waals surface area contributed by atoms with Crippen molar-refractivity contribution in [3.05, 3.63) is 64.7 Å². The number of carbonyl (C=O) groups is 1. The van der Waals surface area contributed by atoms with Gasteiger partial charge in [0.25, 0.3) is 5.91 Å². The van der Waals surface area contributed by atoms with Crippen LogP contribution in [-0.4, -0.2) is 22.8 Å². The van der Waals surface area contributed by atoms with Crippen molar-refractivity contribution in [2.45, 2.75) is 13.0 Å². The molecule has 1 aromatic heterocycles. The maximum Gasteiger partial charge on any atom is 0.272 e. The van der Waals surface area contributed by atoms with Crippen LogP contribution in [0.5, 0.6) is 0 Å². The Balaban J connectivity index is 2.25. The van der Waals surface area contributed by atoms with Gasteiger partial charge in [-0.15, -0.1) is 0 Å². The van der Waals surface area contributed by atoms with E-state index in [0.29, 0.717) is 5.02 Å². The molecule has 0 saturated heterocycles. The number of halogens is 2. The lowest BCUT2D eigenvalue weighted by molar-refractivity contribution is 0.0735. The molecule has 0 aliphatic carbocycles. The monoisotopic (exact) mass is 292 g/mol. The van der Waals surface area contributed by atoms with Crippen LogP contribution in [0.4, 0.5) is 4.39 Å². The van der Waals surface area contributed by atoms with Crippen LogP contribution < -0.4 is 0 Å². The second-order valence-electron chi connectivity index (χ2n) is 4.46. The molecule has 0 bridgehead atoms. The summed E-state index contributed by atoms with van der Waals surface area (Å²) < 4.78 is 13.1. The number of carbonyl (C=O) groups excluding carboxylic acids is 1. The van der Waals surface area contributed by atoms with Crippen molar-refractivity contribution >= 4 is 17.5 Å². The normalized spacial score (nSPS) is 12.0. The van der Waals surface area contributed by atoms with E-state index in [-0.39, 0.29) is 17.6 Å². The average Bonchev–Trinajstić information content (AvgIpc) is 2.45. The zero-order valence-electron chi connectivity index (χ0n) is 11.2. The Kier molecular flexibility index (Phi) is 4.35. The average molecular weight is 293 g/mol. The third kappa shape index (κ3) is 2.96. The lowest BCUT2D eigenvalue weighted by atomic mass is 10.1. The summed E-state index contributed by atoms with van der Waals surface area (Å²) in [5.41, 5.74) is 0.910. The standard InChI is InChI=1S/C15H14ClFN2O/c1-10(11-6-3-4-7-12(11)16)19(2)15(20)13-8-5-9-14(17)18-13/h3-10H,1-2H3. The van der Waals surface area contributed by atoms with E-state index in [2.05, 4.69) is 4.98 Å². The third-order valence-electron chi connectivity index (χ3n) is 3.19. The Labute approximate surface area is 122 Å². The van der Waals surface area contributed by atoms with E-state index in [1.807, 2.05) is 25.1 Å². The van der Waals surface area contributed by atoms with Gasteiger partial charge < -0.3 is 4.90 Å². The van der Waals surface area contributed by atoms with Gasteiger partial charge in [0.15, 0.2) is 0 Å². The Bertz CT molecular complexity index is 633. The van der Waals surface area contributed by atoms with Crippen LogP contribution in [0.2, 0.25) is 5.02 Å². The summed E-state index contributed by atoms with van der Waals surface area (Å²) in [7, 11) is 1.64. The second-order valence-corrected chi connectivity index (χ2v) is 4.87. The number of hydrogen-bond donors (Lipinski definition) is 0. The number of aromatic nitrogens is 1. The molecule has 2 rings (SSSR count). The van der Waals surface area contributed by atoms with E-state index in [4.69, 9.17) is 11.6 Å². The van der Waals surface area contributed by atoms with Gasteiger partial charge in [0, 0.05) is 12.1 Å². The van der Waals surface area contributed by atoms with E-state index in [1.165, 1.54) is 23.1 Å². The lowest BCUT2D eigenvalue weighted by Crippen LogP contribution is -2.30. The van der Waals surface area contributed by atoms with Crippen molar-refractivity contribution in [2.75, 3.05) is 7.05 Å². The fraction of sp³-hybridized carbons (Fsp3) is 0.200. The molecule has 0 fully saturated rings. The zero-order valence-corrected chi connectivity index (χ0v) is 11.9. The largest absolute Gasteiger partial charge is 0.334 e. The second kappa shape index (κ2) is 6.01. The molecule has 1 atom stereocenters. The van der Waals surface area contributed by atoms with Gasteiger partial charge in [0.2, 0.25) is 5.95 Å². The maximum absolute atomic E-state index is 13.1. The first-order valence-electron chi connectivity index (χ1n) is 6.15. The Hall–Kier alpha value is -1.94. The van der Waals surface area contributed by atoms with Crippen molar-refractivity contribution in [1.82, 2.24) is 9.88 Å². The number of amides is 1. The molecule has 1 amide bonds. The van der Waals surface area contributed by atoms with E-state index in [0.717, 1.165) is 5.56 Å². The van der Waals surface area contributed by atoms with Crippen molar-refractivity contribution in [3.63, 3.8) is 0 Å². The fourth-order valence-corrected chi connectivity index (χ4v) is 2.20. The van der Waals surface area contributed by atoms with Crippen LogP contribution in [-0.2, 0) is 0 Å². The summed E-state index contributed by atoms with van der Waals surface area (Å²) >= 11 is 6.13. The molecule has 0 radical (unpaired) electrons. The van der Waals surface area contributed by atoms with Crippen molar-refractivity contribution in [3.8, 4) is 0 Å². The maximum atomic E-state index is 13.1. The minimum absolute atomic E-state index is 0.0754. The molecule has 2 aromatic rings. The van der Waals surface area contributed by atoms with Crippen LogP contribution in [0.1, 0.15) is 29.0 Å². The molecule has 3 nitrogen and oxygen atoms in total. The highest BCUT2D eigenvalue weighted by molar-refractivity contribution is 6.31. The summed E-state index contributed by atoms with van der Waals surface area (Å²) in [6.07, 6.45) is 0. The smallest absolute Gasteiger partial charge is 0.272 e. The van der Waals surface area contributed by atoms with Gasteiger partial charge in [-0.25, -0.2) is 4.98 Å². The predicted molar refractivity (Wildman–Crippen MR) is 76.2 cm³/mol. The molecule has 0 aliphatic rings. The van der Waals surface area contributed by atoms with E-state index >= 15 is 0 Å². The van der Waals surface area contributed by atoms with Crippen molar-refractivity contribution in [1.29, 1.82) is 0 Å². The summed E-state index contributed by atoms with van der Waals surface area (Å²) in [5, 5.41) is 0.590. The quantitative estimate of drug-likeness (QED) is 0.808. The van der Waals surface area contributed by atoms with Crippen LogP contribution in [0, 0.1) is 5.95 Å². The Morgan fingerprint density at radius 3 is 2.60 bits per heavy atom. The minimum atomic E-state index is -0.672. The van der Waals surface area contributed by atoms with Gasteiger partial charge in [-0.1, -0.05) is 35.9 Å². The highest BCUT2D eigenvalue weighted by Crippen LogP contribution is 2.26. The van der Waals surface area contributed by atoms with Crippen LogP contribution >= 0.6 is 11.6 Å². The van der Waals surface area contributed by atoms with Gasteiger partial charge >= 0.3 is 0 Å². The number of hydrogen-bond acceptors (Lipinski definition) is 2. The third-order valence-corrected chi connectivity index (χ3v) is 3.54. The number of pyridine rings is 1. The molecule has 0 saturated carbocycles. The molecule has 0 spiro atoms. The lowest BCUT2D eigenvalue weighted by Gasteiger charge is -2.25. The predicted octanol–water partition coefficient (Wildman–Crippen LogP) is 3.71. The van der Waals surface area contributed by atoms with Gasteiger partial charge in [0.05, 0.1) is 6.04 Å². The molecule has 1 aromatic carbocycles. The fourth-order valence-electron chi connectivity index (χ4n) is 1.91. The van der Waals surface area contributed by atoms with Gasteiger partial charge in [0.1, 0.15) is 5.69 Å². The first kappa shape index (κ1) is 14.5. The van der Waals surface area contributed by atoms with Crippen LogP contribution in [0.25, 0.3) is 0 Å². The molecule has 1 heterocycles. The number of rotatable bonds is 3. The molecular weight excluding hydrogens is 279 g/mol. The van der Waals surface area contributed by atoms with E-state index in [1.54, 1.807) is 13.1 Å². The molecule has 0 N–H and O–H groups in total. The highest BCUT2D eigenvalue weighted by Gasteiger charge is 2.21. The summed E-state index contributed by atoms with van der Waals surface area (Å²) in [6, 6.07) is 11.2. The first-order valence-corrected chi connectivity index (χ1v) is 6.52. The van der Waals surface area contributed by atoms with Crippen LogP contribution in [0.15, 0.2) is 42.5 Å². The molecule has 104 valence electrons. The number of benzene rings is 1. The summed E-state index contributed by atoms with van der Waals surface area (Å²) in [6.45, 7) is 1.86. The Morgan fingerprint density at radius 1 is 1.25 bits per heavy atom. The van der Waals surface area contributed by atoms with E-state index in [9.17, 15) is 9.18 Å². The SMILES string of the molecule is CC(c1ccccc1Cl)N(C)C(=O)c1cccc(F)n1. The summed E-state index contributed by atoms with van der Waals surface area (Å²) in [4.78, 5) is 17.4. The molecule has 1 unspecified atom stereocenters. The summed E-state index contributed by atoms with van der Waals surface area (Å²) in [5.74, 6) is -1.02. The van der Waals surface area contributed by atoms with E-state index < -0.39 is 5.95 Å². The minimum Gasteiger partial charge on any atom is -0.334 e. The molecule has 5 heteroatoms. The topological polar surface area (TPSA) is 33.2 Å². The first-order chi connectivity index (χ1) is 9.50. The van der Waals surface area contributed by atoms with Crippen molar-refractivity contribution < 1.29 is 9.18 Å². The number of nitrogens with zero attached hydrogens (tertiary/aromatic N) is 2. The van der Waals surface area contributed by atoms with Gasteiger partial charge in [-0.05, 0) is 30.7 Å². The van der Waals surface area contributed by atoms with Gasteiger partial charge in [-0.2, -0.15) is 4.39 Å². The van der Waals surface area contributed by atoms with Crippen LogP contribution in [0.3, 0.4) is 0 Å². The Morgan fingerprint density at radius 2 is 1.95 bits per heavy atom. The van der Waals surface area contributed by atoms with Gasteiger partial charge in [-0.3, -0.25) is 4.79 Å². The molecular formula is C15H14ClFN2O. The zero-order chi connectivity index (χ0) is 14.7. The molecule has 20 heavy (non-hydrogen) atoms. The molecule has 0 aliphatic heterocycles. The van der Waals surface area contributed by atoms with Crippen molar-refractivity contribution in [2.24, 2.45) is 0 Å².